The fourth-order valence-electron chi connectivity index (χ4n) is 6.60. The number of hydrogen-bond acceptors (Lipinski definition) is 5. The van der Waals surface area contributed by atoms with E-state index < -0.39 is 0 Å². The van der Waals surface area contributed by atoms with Crippen molar-refractivity contribution >= 4 is 11.5 Å². The first-order valence-corrected chi connectivity index (χ1v) is 16.5. The summed E-state index contributed by atoms with van der Waals surface area (Å²) in [6.07, 6.45) is 1.95. The van der Waals surface area contributed by atoms with E-state index in [-0.39, 0.29) is 24.5 Å². The van der Waals surface area contributed by atoms with Crippen LogP contribution in [0.2, 0.25) is 0 Å². The summed E-state index contributed by atoms with van der Waals surface area (Å²) in [6, 6.07) is 59.6. The van der Waals surface area contributed by atoms with Crippen LogP contribution >= 0.6 is 0 Å². The van der Waals surface area contributed by atoms with E-state index in [1.54, 1.807) is 0 Å². The molecule has 6 aromatic rings. The van der Waals surface area contributed by atoms with Crippen LogP contribution in [0.5, 0.6) is 0 Å². The molecule has 234 valence electrons. The lowest BCUT2D eigenvalue weighted by atomic mass is 9.93. The van der Waals surface area contributed by atoms with Gasteiger partial charge in [-0.1, -0.05) is 170 Å². The lowest BCUT2D eigenvalue weighted by Crippen LogP contribution is -2.45. The molecule has 0 aromatic heterocycles. The lowest BCUT2D eigenvalue weighted by molar-refractivity contribution is 0.409. The summed E-state index contributed by atoms with van der Waals surface area (Å²) in [4.78, 5) is 5.10. The van der Waals surface area contributed by atoms with E-state index in [0.29, 0.717) is 0 Å². The predicted octanol–water partition coefficient (Wildman–Crippen LogP) is 8.66. The van der Waals surface area contributed by atoms with Crippen molar-refractivity contribution in [2.24, 2.45) is 4.99 Å². The Morgan fingerprint density at radius 1 is 0.417 bits per heavy atom. The molecule has 5 heteroatoms. The molecule has 4 atom stereocenters. The normalized spacial score (nSPS) is 20.5. The maximum absolute atomic E-state index is 5.10. The smallest absolute Gasteiger partial charge is 0.131 e. The summed E-state index contributed by atoms with van der Waals surface area (Å²) in [5, 5.41) is 15.0. The molecule has 5 nitrogen and oxygen atoms in total. The third-order valence-corrected chi connectivity index (χ3v) is 9.08. The van der Waals surface area contributed by atoms with Crippen molar-refractivity contribution in [3.63, 3.8) is 0 Å². The van der Waals surface area contributed by atoms with Crippen molar-refractivity contribution in [2.45, 2.75) is 24.5 Å². The first kappa shape index (κ1) is 29.6. The van der Waals surface area contributed by atoms with Crippen LogP contribution in [0.3, 0.4) is 0 Å². The number of nitrogens with zero attached hydrogens (tertiary/aromatic N) is 1. The molecule has 0 fully saturated rings. The maximum atomic E-state index is 5.10. The van der Waals surface area contributed by atoms with Gasteiger partial charge in [0.2, 0.25) is 0 Å². The monoisotopic (exact) mass is 623 g/mol. The van der Waals surface area contributed by atoms with Gasteiger partial charge in [-0.3, -0.25) is 10.6 Å². The fourth-order valence-corrected chi connectivity index (χ4v) is 6.60. The summed E-state index contributed by atoms with van der Waals surface area (Å²) >= 11 is 0. The SMILES string of the molecule is C1=C(c2ccccc2)NC(c2ccccc2)NC1c1ccc(-c2ccccc2C2NC(c3ccccc3)=NC(c3ccccc3)N2)cc1. The number of aliphatic imine (C=N–C) groups is 1. The molecule has 2 aliphatic rings. The Morgan fingerprint density at radius 3 is 1.69 bits per heavy atom. The fraction of sp³-hybridized carbons (Fsp3) is 0.0930. The number of amidine groups is 1. The van der Waals surface area contributed by atoms with Crippen molar-refractivity contribution in [1.82, 2.24) is 21.3 Å². The van der Waals surface area contributed by atoms with Gasteiger partial charge in [0.1, 0.15) is 24.3 Å². The molecule has 2 heterocycles. The third kappa shape index (κ3) is 6.29. The average molecular weight is 624 g/mol. The summed E-state index contributed by atoms with van der Waals surface area (Å²) in [6.45, 7) is 0. The molecule has 6 aromatic carbocycles. The van der Waals surface area contributed by atoms with Crippen LogP contribution < -0.4 is 21.3 Å². The van der Waals surface area contributed by atoms with Crippen LogP contribution in [0.1, 0.15) is 57.9 Å². The van der Waals surface area contributed by atoms with E-state index in [9.17, 15) is 0 Å². The van der Waals surface area contributed by atoms with Gasteiger partial charge in [-0.2, -0.15) is 0 Å². The molecular weight excluding hydrogens is 587 g/mol. The molecule has 0 bridgehead atoms. The van der Waals surface area contributed by atoms with Gasteiger partial charge in [-0.25, -0.2) is 4.99 Å². The molecule has 0 aliphatic carbocycles. The van der Waals surface area contributed by atoms with E-state index in [1.165, 1.54) is 33.4 Å². The second kappa shape index (κ2) is 13.5. The average Bonchev–Trinajstić information content (AvgIpc) is 3.19. The second-order valence-electron chi connectivity index (χ2n) is 12.2. The standard InChI is InChI=1S/C43H37N5/c1-5-15-31(16-6-1)38-29-39(45-40(44-38)33-17-7-2-8-18-33)32-27-25-30(26-28-32)36-23-13-14-24-37(36)43-47-41(34-19-9-3-10-20-34)46-42(48-43)35-21-11-4-12-22-35/h1-29,39-41,43-45,47H,(H,46,48). The lowest BCUT2D eigenvalue weighted by Gasteiger charge is -2.33. The molecule has 8 rings (SSSR count). The van der Waals surface area contributed by atoms with Gasteiger partial charge < -0.3 is 10.6 Å². The van der Waals surface area contributed by atoms with Crippen LogP contribution in [0.25, 0.3) is 16.8 Å². The number of nitrogens with one attached hydrogen (secondary N) is 4. The Hall–Kier alpha value is -5.75. The van der Waals surface area contributed by atoms with E-state index in [0.717, 1.165) is 22.7 Å². The van der Waals surface area contributed by atoms with Crippen LogP contribution in [-0.2, 0) is 0 Å². The summed E-state index contributed by atoms with van der Waals surface area (Å²) < 4.78 is 0. The molecule has 0 spiro atoms. The summed E-state index contributed by atoms with van der Waals surface area (Å²) in [5.41, 5.74) is 10.4. The van der Waals surface area contributed by atoms with Crippen molar-refractivity contribution in [3.05, 3.63) is 209 Å². The Morgan fingerprint density at radius 2 is 1.00 bits per heavy atom. The van der Waals surface area contributed by atoms with E-state index in [4.69, 9.17) is 4.99 Å². The molecule has 0 radical (unpaired) electrons. The van der Waals surface area contributed by atoms with Crippen molar-refractivity contribution in [3.8, 4) is 11.1 Å². The minimum Gasteiger partial charge on any atom is -0.366 e. The van der Waals surface area contributed by atoms with Crippen LogP contribution in [0.15, 0.2) is 181 Å². The molecule has 48 heavy (non-hydrogen) atoms. The van der Waals surface area contributed by atoms with Crippen molar-refractivity contribution < 1.29 is 0 Å². The second-order valence-corrected chi connectivity index (χ2v) is 12.2. The van der Waals surface area contributed by atoms with Gasteiger partial charge in [0, 0.05) is 11.3 Å². The predicted molar refractivity (Wildman–Crippen MR) is 196 cm³/mol. The summed E-state index contributed by atoms with van der Waals surface area (Å²) in [7, 11) is 0. The molecule has 0 saturated carbocycles. The zero-order valence-electron chi connectivity index (χ0n) is 26.5. The van der Waals surface area contributed by atoms with Crippen LogP contribution in [0.4, 0.5) is 0 Å². The Bertz CT molecular complexity index is 2020. The highest BCUT2D eigenvalue weighted by atomic mass is 15.3. The summed E-state index contributed by atoms with van der Waals surface area (Å²) in [5.74, 6) is 0.879. The van der Waals surface area contributed by atoms with Crippen molar-refractivity contribution in [2.75, 3.05) is 0 Å². The first-order chi connectivity index (χ1) is 23.8. The third-order valence-electron chi connectivity index (χ3n) is 9.08. The Kier molecular flexibility index (Phi) is 8.36. The maximum Gasteiger partial charge on any atom is 0.131 e. The van der Waals surface area contributed by atoms with E-state index in [2.05, 4.69) is 185 Å². The van der Waals surface area contributed by atoms with Crippen LogP contribution in [-0.4, -0.2) is 5.84 Å². The molecule has 0 amide bonds. The van der Waals surface area contributed by atoms with E-state index >= 15 is 0 Å². The van der Waals surface area contributed by atoms with E-state index in [1.807, 2.05) is 12.1 Å². The van der Waals surface area contributed by atoms with Gasteiger partial charge in [-0.15, -0.1) is 0 Å². The van der Waals surface area contributed by atoms with Gasteiger partial charge in [0.15, 0.2) is 0 Å². The van der Waals surface area contributed by atoms with Gasteiger partial charge in [0.25, 0.3) is 0 Å². The highest BCUT2D eigenvalue weighted by Crippen LogP contribution is 2.34. The number of hydrogen-bond donors (Lipinski definition) is 4. The van der Waals surface area contributed by atoms with Gasteiger partial charge >= 0.3 is 0 Å². The minimum atomic E-state index is -0.183. The largest absolute Gasteiger partial charge is 0.366 e. The van der Waals surface area contributed by atoms with Crippen molar-refractivity contribution in [1.29, 1.82) is 0 Å². The molecule has 4 N–H and O–H groups in total. The van der Waals surface area contributed by atoms with Gasteiger partial charge in [0.05, 0.1) is 6.04 Å². The molecular formula is C43H37N5. The quantitative estimate of drug-likeness (QED) is 0.144. The van der Waals surface area contributed by atoms with Gasteiger partial charge in [-0.05, 0) is 45.0 Å². The molecule has 0 saturated heterocycles. The van der Waals surface area contributed by atoms with Crippen LogP contribution in [0, 0.1) is 0 Å². The first-order valence-electron chi connectivity index (χ1n) is 16.5. The Balaban J connectivity index is 1.11. The zero-order chi connectivity index (χ0) is 32.1. The topological polar surface area (TPSA) is 60.5 Å². The number of rotatable bonds is 7. The highest BCUT2D eigenvalue weighted by molar-refractivity contribution is 5.99. The Labute approximate surface area is 282 Å². The number of benzene rings is 6. The molecule has 4 unspecified atom stereocenters. The minimum absolute atomic E-state index is 0.0155. The zero-order valence-corrected chi connectivity index (χ0v) is 26.5. The molecule has 2 aliphatic heterocycles. The highest BCUT2D eigenvalue weighted by Gasteiger charge is 2.28.